The van der Waals surface area contributed by atoms with Gasteiger partial charge in [-0.25, -0.2) is 9.18 Å². The van der Waals surface area contributed by atoms with Gasteiger partial charge in [-0.15, -0.1) is 0 Å². The average Bonchev–Trinajstić information content (AvgIpc) is 3.09. The highest BCUT2D eigenvalue weighted by Gasteiger charge is 2.30. The van der Waals surface area contributed by atoms with Crippen LogP contribution in [0.1, 0.15) is 29.0 Å². The Bertz CT molecular complexity index is 1210. The van der Waals surface area contributed by atoms with Crippen molar-refractivity contribution in [2.75, 3.05) is 11.9 Å². The summed E-state index contributed by atoms with van der Waals surface area (Å²) in [7, 11) is 0. The molecule has 0 saturated carbocycles. The summed E-state index contributed by atoms with van der Waals surface area (Å²) in [6, 6.07) is 17.2. The van der Waals surface area contributed by atoms with Crippen LogP contribution in [0.3, 0.4) is 0 Å². The number of carboxylic acid groups (broad SMARTS) is 1. The fourth-order valence-corrected chi connectivity index (χ4v) is 4.14. The van der Waals surface area contributed by atoms with E-state index in [1.807, 2.05) is 48.5 Å². The van der Waals surface area contributed by atoms with Gasteiger partial charge >= 0.3 is 12.1 Å². The highest BCUT2D eigenvalue weighted by molar-refractivity contribution is 5.89. The molecule has 0 atom stereocenters. The van der Waals surface area contributed by atoms with Crippen LogP contribution in [0.4, 0.5) is 20.6 Å². The molecule has 0 aliphatic heterocycles. The SMILES string of the molecule is O=C(O)CCc1cc(F)cc(NC(=O)OCC2c3ccccc3-c3ccccc32)c1[N+](=O)[O-]. The van der Waals surface area contributed by atoms with Gasteiger partial charge in [0, 0.05) is 24.0 Å². The average molecular weight is 450 g/mol. The quantitative estimate of drug-likeness (QED) is 0.381. The molecule has 0 saturated heterocycles. The molecule has 0 aromatic heterocycles. The number of amides is 1. The summed E-state index contributed by atoms with van der Waals surface area (Å²) in [5.74, 6) is -2.23. The van der Waals surface area contributed by atoms with Crippen LogP contribution in [0.5, 0.6) is 0 Å². The number of hydrogen-bond acceptors (Lipinski definition) is 5. The van der Waals surface area contributed by atoms with Gasteiger partial charge < -0.3 is 9.84 Å². The van der Waals surface area contributed by atoms with Crippen molar-refractivity contribution in [1.29, 1.82) is 0 Å². The van der Waals surface area contributed by atoms with Gasteiger partial charge in [0.2, 0.25) is 0 Å². The first-order chi connectivity index (χ1) is 15.8. The lowest BCUT2D eigenvalue weighted by Crippen LogP contribution is -2.19. The lowest BCUT2D eigenvalue weighted by atomic mass is 9.98. The third-order valence-electron chi connectivity index (χ3n) is 5.52. The van der Waals surface area contributed by atoms with E-state index in [0.717, 1.165) is 34.4 Å². The van der Waals surface area contributed by atoms with E-state index >= 15 is 0 Å². The number of nitrogens with zero attached hydrogens (tertiary/aromatic N) is 1. The lowest BCUT2D eigenvalue weighted by molar-refractivity contribution is -0.384. The number of aryl methyl sites for hydroxylation is 1. The molecular formula is C24H19FN2O6. The Morgan fingerprint density at radius 3 is 2.24 bits per heavy atom. The summed E-state index contributed by atoms with van der Waals surface area (Å²) in [5, 5.41) is 22.7. The van der Waals surface area contributed by atoms with Crippen molar-refractivity contribution in [2.45, 2.75) is 18.8 Å². The summed E-state index contributed by atoms with van der Waals surface area (Å²) < 4.78 is 19.4. The minimum atomic E-state index is -1.18. The van der Waals surface area contributed by atoms with Crippen LogP contribution >= 0.6 is 0 Å². The van der Waals surface area contributed by atoms with Crippen molar-refractivity contribution in [3.8, 4) is 11.1 Å². The van der Waals surface area contributed by atoms with Crippen molar-refractivity contribution < 1.29 is 28.7 Å². The van der Waals surface area contributed by atoms with Crippen LogP contribution < -0.4 is 5.32 Å². The van der Waals surface area contributed by atoms with E-state index < -0.39 is 40.6 Å². The molecule has 0 fully saturated rings. The second-order valence-corrected chi connectivity index (χ2v) is 7.56. The standard InChI is InChI=1S/C24H19FN2O6/c25-15-11-14(9-10-22(28)29)23(27(31)32)21(12-15)26-24(30)33-13-20-18-7-3-1-5-16(18)17-6-2-4-8-19(17)20/h1-8,11-12,20H,9-10,13H2,(H,26,30)(H,28,29). The monoisotopic (exact) mass is 450 g/mol. The zero-order valence-corrected chi connectivity index (χ0v) is 17.3. The third kappa shape index (κ3) is 4.52. The van der Waals surface area contributed by atoms with Gasteiger partial charge in [0.1, 0.15) is 18.1 Å². The van der Waals surface area contributed by atoms with E-state index in [4.69, 9.17) is 9.84 Å². The number of nitro benzene ring substituents is 1. The number of hydrogen-bond donors (Lipinski definition) is 2. The first-order valence-electron chi connectivity index (χ1n) is 10.2. The van der Waals surface area contributed by atoms with E-state index in [0.29, 0.717) is 0 Å². The van der Waals surface area contributed by atoms with Gasteiger partial charge in [0.25, 0.3) is 5.69 Å². The summed E-state index contributed by atoms with van der Waals surface area (Å²) >= 11 is 0. The summed E-state index contributed by atoms with van der Waals surface area (Å²) in [5.41, 5.74) is 3.01. The van der Waals surface area contributed by atoms with Crippen LogP contribution in [0.2, 0.25) is 0 Å². The fourth-order valence-electron chi connectivity index (χ4n) is 4.14. The van der Waals surface area contributed by atoms with Crippen LogP contribution in [0.25, 0.3) is 11.1 Å². The summed E-state index contributed by atoms with van der Waals surface area (Å²) in [6.07, 6.45) is -1.66. The van der Waals surface area contributed by atoms with Crippen LogP contribution in [0, 0.1) is 15.9 Å². The van der Waals surface area contributed by atoms with Crippen LogP contribution in [-0.2, 0) is 16.0 Å². The van der Waals surface area contributed by atoms with Crippen molar-refractivity contribution in [3.05, 3.63) is 93.3 Å². The highest BCUT2D eigenvalue weighted by Crippen LogP contribution is 2.44. The summed E-state index contributed by atoms with van der Waals surface area (Å²) in [6.45, 7) is -0.0190. The van der Waals surface area contributed by atoms with Crippen molar-refractivity contribution in [1.82, 2.24) is 0 Å². The Hall–Kier alpha value is -4.27. The molecule has 168 valence electrons. The van der Waals surface area contributed by atoms with E-state index in [9.17, 15) is 24.1 Å². The Morgan fingerprint density at radius 1 is 1.06 bits per heavy atom. The molecule has 2 N–H and O–H groups in total. The zero-order chi connectivity index (χ0) is 23.5. The van der Waals surface area contributed by atoms with E-state index in [1.54, 1.807) is 0 Å². The maximum Gasteiger partial charge on any atom is 0.411 e. The lowest BCUT2D eigenvalue weighted by Gasteiger charge is -2.15. The Kier molecular flexibility index (Phi) is 6.03. The number of halogens is 1. The smallest absolute Gasteiger partial charge is 0.411 e. The fraction of sp³-hybridized carbons (Fsp3) is 0.167. The largest absolute Gasteiger partial charge is 0.481 e. The summed E-state index contributed by atoms with van der Waals surface area (Å²) in [4.78, 5) is 34.1. The predicted molar refractivity (Wildman–Crippen MR) is 118 cm³/mol. The molecule has 3 aromatic rings. The van der Waals surface area contributed by atoms with Crippen molar-refractivity contribution >= 4 is 23.4 Å². The zero-order valence-electron chi connectivity index (χ0n) is 17.3. The van der Waals surface area contributed by atoms with Gasteiger partial charge in [-0.05, 0) is 34.7 Å². The molecule has 1 aliphatic carbocycles. The highest BCUT2D eigenvalue weighted by atomic mass is 19.1. The molecule has 0 radical (unpaired) electrons. The van der Waals surface area contributed by atoms with E-state index in [2.05, 4.69) is 5.32 Å². The second kappa shape index (κ2) is 9.07. The van der Waals surface area contributed by atoms with Gasteiger partial charge in [-0.1, -0.05) is 48.5 Å². The van der Waals surface area contributed by atoms with Crippen LogP contribution in [-0.4, -0.2) is 28.7 Å². The number of ether oxygens (including phenoxy) is 1. The molecule has 3 aromatic carbocycles. The minimum Gasteiger partial charge on any atom is -0.481 e. The number of nitrogens with one attached hydrogen (secondary N) is 1. The number of aliphatic carboxylic acids is 1. The molecule has 1 amide bonds. The van der Waals surface area contributed by atoms with Crippen LogP contribution in [0.15, 0.2) is 60.7 Å². The predicted octanol–water partition coefficient (Wildman–Crippen LogP) is 5.11. The van der Waals surface area contributed by atoms with E-state index in [-0.39, 0.29) is 24.5 Å². The van der Waals surface area contributed by atoms with Crippen molar-refractivity contribution in [2.24, 2.45) is 0 Å². The van der Waals surface area contributed by atoms with Crippen molar-refractivity contribution in [3.63, 3.8) is 0 Å². The molecule has 1 aliphatic rings. The first kappa shape index (κ1) is 21.9. The maximum atomic E-state index is 14.0. The maximum absolute atomic E-state index is 14.0. The van der Waals surface area contributed by atoms with E-state index in [1.165, 1.54) is 0 Å². The van der Waals surface area contributed by atoms with Gasteiger partial charge in [-0.2, -0.15) is 0 Å². The third-order valence-corrected chi connectivity index (χ3v) is 5.52. The molecule has 0 spiro atoms. The number of anilines is 1. The molecule has 4 rings (SSSR count). The number of carboxylic acids is 1. The number of carbonyl (C=O) groups is 2. The molecule has 0 unspecified atom stereocenters. The molecular weight excluding hydrogens is 431 g/mol. The van der Waals surface area contributed by atoms with Gasteiger partial charge in [0.15, 0.2) is 0 Å². The Balaban J connectivity index is 1.53. The number of benzene rings is 3. The Labute approximate surface area is 187 Å². The number of carbonyl (C=O) groups excluding carboxylic acids is 1. The minimum absolute atomic E-state index is 0.0190. The number of nitro groups is 1. The molecule has 8 nitrogen and oxygen atoms in total. The first-order valence-corrected chi connectivity index (χ1v) is 10.2. The normalized spacial score (nSPS) is 12.0. The topological polar surface area (TPSA) is 119 Å². The molecule has 0 heterocycles. The number of fused-ring (bicyclic) bond motifs is 3. The number of rotatable bonds is 7. The second-order valence-electron chi connectivity index (χ2n) is 7.56. The molecule has 9 heteroatoms. The molecule has 33 heavy (non-hydrogen) atoms. The Morgan fingerprint density at radius 2 is 1.67 bits per heavy atom. The van der Waals surface area contributed by atoms with Gasteiger partial charge in [0.05, 0.1) is 4.92 Å². The molecule has 0 bridgehead atoms. The van der Waals surface area contributed by atoms with Gasteiger partial charge in [-0.3, -0.25) is 20.2 Å².